The maximum atomic E-state index is 12.7. The molecule has 1 amide bonds. The number of carboxylic acids is 1. The van der Waals surface area contributed by atoms with Crippen molar-refractivity contribution in [1.29, 1.82) is 0 Å². The number of halogens is 1. The van der Waals surface area contributed by atoms with Crippen molar-refractivity contribution in [2.45, 2.75) is 0 Å². The summed E-state index contributed by atoms with van der Waals surface area (Å²) in [6, 6.07) is 12.9. The summed E-state index contributed by atoms with van der Waals surface area (Å²) >= 11 is 5.99. The Hall–Kier alpha value is -3.45. The Morgan fingerprint density at radius 1 is 1.08 bits per heavy atom. The van der Waals surface area contributed by atoms with Crippen LogP contribution in [-0.2, 0) is 0 Å². The maximum Gasteiger partial charge on any atom is 0.354 e. The molecule has 7 nitrogen and oxygen atoms in total. The second-order valence-corrected chi connectivity index (χ2v) is 5.71. The number of aromatic amines is 1. The smallest absolute Gasteiger partial charge is 0.354 e. The Morgan fingerprint density at radius 3 is 2.50 bits per heavy atom. The van der Waals surface area contributed by atoms with Crippen LogP contribution in [0.5, 0.6) is 0 Å². The van der Waals surface area contributed by atoms with E-state index in [1.165, 1.54) is 18.2 Å². The quantitative estimate of drug-likeness (QED) is 0.597. The van der Waals surface area contributed by atoms with E-state index in [0.29, 0.717) is 10.6 Å². The third-order valence-corrected chi connectivity index (χ3v) is 3.81. The van der Waals surface area contributed by atoms with Crippen molar-refractivity contribution < 1.29 is 19.5 Å². The standard InChI is InChI=1S/C18H12ClN3O4/c19-11-6-7-13(12(8-11)16(23)10-4-2-1-3-5-10)22-17(24)14-15(18(25)26)21-9-20-14/h1-9H,(H,20,21)(H,22,24)(H,25,26). The molecule has 0 saturated carbocycles. The van der Waals surface area contributed by atoms with Crippen molar-refractivity contribution >= 4 is 34.9 Å². The monoisotopic (exact) mass is 369 g/mol. The number of nitrogens with zero attached hydrogens (tertiary/aromatic N) is 1. The van der Waals surface area contributed by atoms with E-state index in [1.54, 1.807) is 30.3 Å². The largest absolute Gasteiger partial charge is 0.477 e. The van der Waals surface area contributed by atoms with Crippen LogP contribution in [-0.4, -0.2) is 32.7 Å². The van der Waals surface area contributed by atoms with Crippen LogP contribution in [0, 0.1) is 0 Å². The van der Waals surface area contributed by atoms with Gasteiger partial charge in [0.2, 0.25) is 0 Å². The lowest BCUT2D eigenvalue weighted by Gasteiger charge is -2.11. The summed E-state index contributed by atoms with van der Waals surface area (Å²) in [5.74, 6) is -2.40. The van der Waals surface area contributed by atoms with E-state index in [1.807, 2.05) is 0 Å². The van der Waals surface area contributed by atoms with Crippen LogP contribution in [0.25, 0.3) is 0 Å². The molecule has 0 aliphatic rings. The van der Waals surface area contributed by atoms with Crippen LogP contribution >= 0.6 is 11.6 Å². The number of H-pyrrole nitrogens is 1. The van der Waals surface area contributed by atoms with Gasteiger partial charge in [0.25, 0.3) is 5.91 Å². The number of hydrogen-bond donors (Lipinski definition) is 3. The summed E-state index contributed by atoms with van der Waals surface area (Å²) in [6.07, 6.45) is 1.11. The van der Waals surface area contributed by atoms with E-state index in [9.17, 15) is 14.4 Å². The lowest BCUT2D eigenvalue weighted by molar-refractivity contribution is 0.0686. The van der Waals surface area contributed by atoms with Gasteiger partial charge in [-0.1, -0.05) is 41.9 Å². The van der Waals surface area contributed by atoms with Crippen molar-refractivity contribution in [1.82, 2.24) is 9.97 Å². The average Bonchev–Trinajstić information content (AvgIpc) is 3.13. The van der Waals surface area contributed by atoms with E-state index in [0.717, 1.165) is 6.33 Å². The summed E-state index contributed by atoms with van der Waals surface area (Å²) in [7, 11) is 0. The van der Waals surface area contributed by atoms with Gasteiger partial charge in [0.05, 0.1) is 12.0 Å². The topological polar surface area (TPSA) is 112 Å². The molecule has 0 unspecified atom stereocenters. The molecule has 130 valence electrons. The van der Waals surface area contributed by atoms with Gasteiger partial charge in [0.15, 0.2) is 17.2 Å². The fourth-order valence-corrected chi connectivity index (χ4v) is 2.54. The van der Waals surface area contributed by atoms with E-state index in [4.69, 9.17) is 16.7 Å². The van der Waals surface area contributed by atoms with Crippen LogP contribution in [0.15, 0.2) is 54.9 Å². The van der Waals surface area contributed by atoms with Gasteiger partial charge in [0, 0.05) is 16.1 Å². The predicted molar refractivity (Wildman–Crippen MR) is 94.8 cm³/mol. The van der Waals surface area contributed by atoms with E-state index in [-0.39, 0.29) is 28.4 Å². The van der Waals surface area contributed by atoms with Crippen molar-refractivity contribution in [2.75, 3.05) is 5.32 Å². The number of amides is 1. The number of hydrogen-bond acceptors (Lipinski definition) is 4. The van der Waals surface area contributed by atoms with Gasteiger partial charge in [-0.15, -0.1) is 0 Å². The Labute approximate surface area is 152 Å². The molecule has 0 aliphatic heterocycles. The first-order valence-corrected chi connectivity index (χ1v) is 7.82. The molecule has 8 heteroatoms. The van der Waals surface area contributed by atoms with E-state index in [2.05, 4.69) is 15.3 Å². The summed E-state index contributed by atoms with van der Waals surface area (Å²) in [5, 5.41) is 11.9. The van der Waals surface area contributed by atoms with Crippen molar-refractivity contribution in [3.05, 3.63) is 82.4 Å². The zero-order chi connectivity index (χ0) is 18.7. The number of imidazole rings is 1. The number of carbonyl (C=O) groups is 3. The van der Waals surface area contributed by atoms with Gasteiger partial charge < -0.3 is 15.4 Å². The van der Waals surface area contributed by atoms with Crippen LogP contribution < -0.4 is 5.32 Å². The summed E-state index contributed by atoms with van der Waals surface area (Å²) < 4.78 is 0. The number of nitrogens with one attached hydrogen (secondary N) is 2. The number of carboxylic acid groups (broad SMARTS) is 1. The Balaban J connectivity index is 1.96. The molecule has 0 radical (unpaired) electrons. The minimum atomic E-state index is -1.32. The molecule has 0 bridgehead atoms. The molecule has 1 heterocycles. The van der Waals surface area contributed by atoms with Crippen LogP contribution in [0.3, 0.4) is 0 Å². The predicted octanol–water partition coefficient (Wildman–Crippen LogP) is 3.24. The van der Waals surface area contributed by atoms with Crippen molar-refractivity contribution in [2.24, 2.45) is 0 Å². The molecule has 0 fully saturated rings. The van der Waals surface area contributed by atoms with Crippen molar-refractivity contribution in [3.8, 4) is 0 Å². The number of rotatable bonds is 5. The number of ketones is 1. The first-order chi connectivity index (χ1) is 12.5. The zero-order valence-electron chi connectivity index (χ0n) is 13.2. The average molecular weight is 370 g/mol. The lowest BCUT2D eigenvalue weighted by Crippen LogP contribution is -2.18. The van der Waals surface area contributed by atoms with Gasteiger partial charge in [0.1, 0.15) is 0 Å². The van der Waals surface area contributed by atoms with Crippen LogP contribution in [0.2, 0.25) is 5.02 Å². The number of aromatic nitrogens is 2. The molecule has 26 heavy (non-hydrogen) atoms. The Morgan fingerprint density at radius 2 is 1.81 bits per heavy atom. The summed E-state index contributed by atoms with van der Waals surface area (Å²) in [5.41, 5.74) is 0.186. The van der Waals surface area contributed by atoms with Gasteiger partial charge >= 0.3 is 5.97 Å². The lowest BCUT2D eigenvalue weighted by atomic mass is 10.0. The molecule has 1 aromatic heterocycles. The summed E-state index contributed by atoms with van der Waals surface area (Å²) in [6.45, 7) is 0. The fourth-order valence-electron chi connectivity index (χ4n) is 2.37. The molecule has 0 atom stereocenters. The van der Waals surface area contributed by atoms with E-state index >= 15 is 0 Å². The molecule has 2 aromatic carbocycles. The van der Waals surface area contributed by atoms with Gasteiger partial charge in [-0.2, -0.15) is 0 Å². The number of carbonyl (C=O) groups excluding carboxylic acids is 2. The molecular weight excluding hydrogens is 358 g/mol. The third-order valence-electron chi connectivity index (χ3n) is 3.58. The highest BCUT2D eigenvalue weighted by Crippen LogP contribution is 2.24. The highest BCUT2D eigenvalue weighted by atomic mass is 35.5. The van der Waals surface area contributed by atoms with Crippen molar-refractivity contribution in [3.63, 3.8) is 0 Å². The molecule has 3 N–H and O–H groups in total. The zero-order valence-corrected chi connectivity index (χ0v) is 13.9. The molecule has 0 saturated heterocycles. The van der Waals surface area contributed by atoms with Crippen LogP contribution in [0.4, 0.5) is 5.69 Å². The summed E-state index contributed by atoms with van der Waals surface area (Å²) in [4.78, 5) is 42.4. The number of anilines is 1. The molecule has 3 aromatic rings. The SMILES string of the molecule is O=C(c1ccccc1)c1cc(Cl)ccc1NC(=O)c1nc[nH]c1C(=O)O. The maximum absolute atomic E-state index is 12.7. The van der Waals surface area contributed by atoms with Gasteiger partial charge in [-0.05, 0) is 18.2 Å². The molecule has 3 rings (SSSR count). The fraction of sp³-hybridized carbons (Fsp3) is 0. The number of aromatic carboxylic acids is 1. The minimum Gasteiger partial charge on any atom is -0.477 e. The Bertz CT molecular complexity index is 999. The second-order valence-electron chi connectivity index (χ2n) is 5.27. The molecule has 0 spiro atoms. The first kappa shape index (κ1) is 17.4. The highest BCUT2D eigenvalue weighted by Gasteiger charge is 2.22. The number of benzene rings is 2. The normalized spacial score (nSPS) is 10.3. The van der Waals surface area contributed by atoms with Gasteiger partial charge in [-0.3, -0.25) is 9.59 Å². The molecule has 0 aliphatic carbocycles. The second kappa shape index (κ2) is 7.20. The third kappa shape index (κ3) is 3.47. The Kier molecular flexibility index (Phi) is 4.81. The first-order valence-electron chi connectivity index (χ1n) is 7.44. The van der Waals surface area contributed by atoms with E-state index < -0.39 is 11.9 Å². The van der Waals surface area contributed by atoms with Crippen LogP contribution in [0.1, 0.15) is 36.9 Å². The minimum absolute atomic E-state index is 0.185. The highest BCUT2D eigenvalue weighted by molar-refractivity contribution is 6.31. The van der Waals surface area contributed by atoms with Gasteiger partial charge in [-0.25, -0.2) is 9.78 Å². The molecular formula is C18H12ClN3O4.